The van der Waals surface area contributed by atoms with Crippen molar-refractivity contribution in [3.05, 3.63) is 23.8 Å². The molecule has 1 aromatic carbocycles. The fraction of sp³-hybridized carbons (Fsp3) is 0.417. The maximum atomic E-state index is 8.74. The summed E-state index contributed by atoms with van der Waals surface area (Å²) in [5.74, 6) is 1.26. The third kappa shape index (κ3) is 3.44. The number of hydrogen-bond acceptors (Lipinski definition) is 4. The zero-order valence-electron chi connectivity index (χ0n) is 9.62. The lowest BCUT2D eigenvalue weighted by Gasteiger charge is -2.10. The Balaban J connectivity index is 2.62. The topological polar surface area (TPSA) is 54.3 Å². The molecule has 0 radical (unpaired) electrons. The number of hydrogen-bond donors (Lipinski definition) is 1. The molecule has 1 rings (SSSR count). The fourth-order valence-electron chi connectivity index (χ4n) is 1.27. The van der Waals surface area contributed by atoms with Crippen molar-refractivity contribution in [1.82, 2.24) is 5.32 Å². The molecule has 1 aromatic rings. The summed E-state index contributed by atoms with van der Waals surface area (Å²) < 4.78 is 10.7. The van der Waals surface area contributed by atoms with Crippen LogP contribution in [0.25, 0.3) is 0 Å². The van der Waals surface area contributed by atoms with Crippen LogP contribution >= 0.6 is 0 Å². The van der Waals surface area contributed by atoms with E-state index in [4.69, 9.17) is 14.7 Å². The number of rotatable bonds is 6. The molecule has 16 heavy (non-hydrogen) atoms. The van der Waals surface area contributed by atoms with Crippen molar-refractivity contribution in [1.29, 1.82) is 5.26 Å². The molecule has 1 N–H and O–H groups in total. The number of methoxy groups -OCH3 is 1. The molecular weight excluding hydrogens is 204 g/mol. The minimum Gasteiger partial charge on any atom is -0.493 e. The molecule has 0 aliphatic heterocycles. The summed E-state index contributed by atoms with van der Waals surface area (Å²) in [5, 5.41) is 11.9. The van der Waals surface area contributed by atoms with Crippen molar-refractivity contribution in [2.45, 2.75) is 6.92 Å². The standard InChI is InChI=1S/C12H16N2O2/c1-3-14-6-7-16-11-5-4-10(9-13)8-12(11)15-2/h4-5,8,14H,3,6-7H2,1-2H3. The number of nitrogens with one attached hydrogen (secondary N) is 1. The summed E-state index contributed by atoms with van der Waals surface area (Å²) in [6.07, 6.45) is 0. The van der Waals surface area contributed by atoms with E-state index in [-0.39, 0.29) is 0 Å². The van der Waals surface area contributed by atoms with Crippen LogP contribution in [0, 0.1) is 11.3 Å². The molecule has 0 unspecified atom stereocenters. The van der Waals surface area contributed by atoms with Crippen molar-refractivity contribution in [3.8, 4) is 17.6 Å². The van der Waals surface area contributed by atoms with E-state index < -0.39 is 0 Å². The zero-order valence-corrected chi connectivity index (χ0v) is 9.62. The van der Waals surface area contributed by atoms with E-state index in [1.807, 2.05) is 6.92 Å². The highest BCUT2D eigenvalue weighted by molar-refractivity contribution is 5.46. The average Bonchev–Trinajstić information content (AvgIpc) is 2.34. The van der Waals surface area contributed by atoms with Gasteiger partial charge in [0.25, 0.3) is 0 Å². The first-order valence-corrected chi connectivity index (χ1v) is 5.23. The fourth-order valence-corrected chi connectivity index (χ4v) is 1.27. The molecule has 0 aliphatic carbocycles. The third-order valence-electron chi connectivity index (χ3n) is 2.08. The van der Waals surface area contributed by atoms with Crippen LogP contribution in [0.4, 0.5) is 0 Å². The van der Waals surface area contributed by atoms with Gasteiger partial charge in [0.2, 0.25) is 0 Å². The minimum absolute atomic E-state index is 0.566. The first-order valence-electron chi connectivity index (χ1n) is 5.23. The second-order valence-corrected chi connectivity index (χ2v) is 3.18. The van der Waals surface area contributed by atoms with Crippen LogP contribution in [-0.4, -0.2) is 26.8 Å². The molecule has 86 valence electrons. The number of likely N-dealkylation sites (N-methyl/N-ethyl adjacent to an activating group) is 1. The lowest BCUT2D eigenvalue weighted by molar-refractivity contribution is 0.293. The van der Waals surface area contributed by atoms with Gasteiger partial charge < -0.3 is 14.8 Å². The van der Waals surface area contributed by atoms with E-state index in [1.54, 1.807) is 25.3 Å². The second-order valence-electron chi connectivity index (χ2n) is 3.18. The Morgan fingerprint density at radius 3 is 2.81 bits per heavy atom. The van der Waals surface area contributed by atoms with E-state index in [2.05, 4.69) is 11.4 Å². The zero-order chi connectivity index (χ0) is 11.8. The van der Waals surface area contributed by atoms with Crippen LogP contribution in [0.5, 0.6) is 11.5 Å². The molecule has 0 atom stereocenters. The first kappa shape index (κ1) is 12.3. The van der Waals surface area contributed by atoms with Gasteiger partial charge in [-0.15, -0.1) is 0 Å². The van der Waals surface area contributed by atoms with Gasteiger partial charge in [-0.3, -0.25) is 0 Å². The highest BCUT2D eigenvalue weighted by Crippen LogP contribution is 2.27. The lowest BCUT2D eigenvalue weighted by atomic mass is 10.2. The van der Waals surface area contributed by atoms with Crippen molar-refractivity contribution in [3.63, 3.8) is 0 Å². The van der Waals surface area contributed by atoms with Gasteiger partial charge in [-0.2, -0.15) is 5.26 Å². The van der Waals surface area contributed by atoms with Crippen LogP contribution in [0.3, 0.4) is 0 Å². The van der Waals surface area contributed by atoms with Crippen molar-refractivity contribution in [2.24, 2.45) is 0 Å². The van der Waals surface area contributed by atoms with Gasteiger partial charge in [-0.05, 0) is 18.7 Å². The van der Waals surface area contributed by atoms with Crippen molar-refractivity contribution >= 4 is 0 Å². The predicted molar refractivity (Wildman–Crippen MR) is 61.7 cm³/mol. The SMILES string of the molecule is CCNCCOc1ccc(C#N)cc1OC. The highest BCUT2D eigenvalue weighted by Gasteiger charge is 2.04. The molecule has 0 aromatic heterocycles. The maximum absolute atomic E-state index is 8.74. The summed E-state index contributed by atoms with van der Waals surface area (Å²) in [5.41, 5.74) is 0.566. The number of ether oxygens (including phenoxy) is 2. The maximum Gasteiger partial charge on any atom is 0.162 e. The Labute approximate surface area is 95.8 Å². The smallest absolute Gasteiger partial charge is 0.162 e. The van der Waals surface area contributed by atoms with Gasteiger partial charge in [0.1, 0.15) is 6.61 Å². The first-order chi connectivity index (χ1) is 7.81. The molecule has 0 fully saturated rings. The quantitative estimate of drug-likeness (QED) is 0.739. The van der Waals surface area contributed by atoms with Gasteiger partial charge in [-0.1, -0.05) is 6.92 Å². The Kier molecular flexibility index (Phi) is 5.17. The van der Waals surface area contributed by atoms with Crippen LogP contribution < -0.4 is 14.8 Å². The summed E-state index contributed by atoms with van der Waals surface area (Å²) in [6.45, 7) is 4.34. The molecule has 0 saturated carbocycles. The normalized spacial score (nSPS) is 9.56. The molecule has 0 spiro atoms. The molecule has 0 bridgehead atoms. The highest BCUT2D eigenvalue weighted by atomic mass is 16.5. The van der Waals surface area contributed by atoms with E-state index in [0.29, 0.717) is 23.7 Å². The molecule has 0 heterocycles. The average molecular weight is 220 g/mol. The summed E-state index contributed by atoms with van der Waals surface area (Å²) in [6, 6.07) is 7.19. The molecular formula is C12H16N2O2. The minimum atomic E-state index is 0.566. The predicted octanol–water partition coefficient (Wildman–Crippen LogP) is 1.56. The molecule has 4 nitrogen and oxygen atoms in total. The molecule has 0 amide bonds. The Morgan fingerprint density at radius 2 is 2.19 bits per heavy atom. The number of benzene rings is 1. The van der Waals surface area contributed by atoms with Gasteiger partial charge >= 0.3 is 0 Å². The van der Waals surface area contributed by atoms with E-state index in [0.717, 1.165) is 13.1 Å². The molecule has 0 saturated heterocycles. The lowest BCUT2D eigenvalue weighted by Crippen LogP contribution is -2.20. The monoisotopic (exact) mass is 220 g/mol. The van der Waals surface area contributed by atoms with Crippen LogP contribution in [-0.2, 0) is 0 Å². The third-order valence-corrected chi connectivity index (χ3v) is 2.08. The largest absolute Gasteiger partial charge is 0.493 e. The number of nitriles is 1. The molecule has 4 heteroatoms. The van der Waals surface area contributed by atoms with Crippen LogP contribution in [0.1, 0.15) is 12.5 Å². The number of nitrogens with zero attached hydrogens (tertiary/aromatic N) is 1. The van der Waals surface area contributed by atoms with E-state index in [9.17, 15) is 0 Å². The van der Waals surface area contributed by atoms with Crippen LogP contribution in [0.15, 0.2) is 18.2 Å². The Hall–Kier alpha value is -1.73. The van der Waals surface area contributed by atoms with Crippen molar-refractivity contribution in [2.75, 3.05) is 26.8 Å². The summed E-state index contributed by atoms with van der Waals surface area (Å²) in [7, 11) is 1.56. The Bertz CT molecular complexity index is 372. The van der Waals surface area contributed by atoms with E-state index >= 15 is 0 Å². The Morgan fingerprint density at radius 1 is 1.38 bits per heavy atom. The van der Waals surface area contributed by atoms with Gasteiger partial charge in [0.15, 0.2) is 11.5 Å². The van der Waals surface area contributed by atoms with Gasteiger partial charge in [0.05, 0.1) is 18.7 Å². The molecule has 0 aliphatic rings. The van der Waals surface area contributed by atoms with Gasteiger partial charge in [-0.25, -0.2) is 0 Å². The summed E-state index contributed by atoms with van der Waals surface area (Å²) >= 11 is 0. The van der Waals surface area contributed by atoms with Crippen molar-refractivity contribution < 1.29 is 9.47 Å². The van der Waals surface area contributed by atoms with Gasteiger partial charge in [0, 0.05) is 12.6 Å². The summed E-state index contributed by atoms with van der Waals surface area (Å²) in [4.78, 5) is 0. The second kappa shape index (κ2) is 6.70. The van der Waals surface area contributed by atoms with Crippen LogP contribution in [0.2, 0.25) is 0 Å². The van der Waals surface area contributed by atoms with E-state index in [1.165, 1.54) is 0 Å².